The highest BCUT2D eigenvalue weighted by Gasteiger charge is 2.23. The van der Waals surface area contributed by atoms with Gasteiger partial charge in [-0.15, -0.1) is 0 Å². The molecule has 2 aromatic carbocycles. The Hall–Kier alpha value is -4.32. The SMILES string of the molecule is O=C(Cc1ccc([N+](=O)[O-])cc1)NNc1ncnc(Nc2cccc(Cl)c2)c1[N+](=O)[O-]. The van der Waals surface area contributed by atoms with Gasteiger partial charge in [0.1, 0.15) is 6.33 Å². The molecule has 0 aliphatic heterocycles. The fourth-order valence-electron chi connectivity index (χ4n) is 2.53. The molecule has 3 N–H and O–H groups in total. The summed E-state index contributed by atoms with van der Waals surface area (Å²) in [5.41, 5.74) is 5.14. The second-order valence-electron chi connectivity index (χ2n) is 6.09. The molecule has 1 heterocycles. The molecule has 0 unspecified atom stereocenters. The van der Waals surface area contributed by atoms with E-state index in [0.29, 0.717) is 16.3 Å². The zero-order valence-electron chi connectivity index (χ0n) is 15.6. The Labute approximate surface area is 179 Å². The summed E-state index contributed by atoms with van der Waals surface area (Å²) in [5.74, 6) is -0.873. The topological polar surface area (TPSA) is 165 Å². The molecule has 3 aromatic rings. The molecule has 13 heteroatoms. The average molecular weight is 444 g/mol. The van der Waals surface area contributed by atoms with Crippen molar-refractivity contribution in [3.8, 4) is 0 Å². The number of benzene rings is 2. The van der Waals surface area contributed by atoms with Crippen molar-refractivity contribution >= 4 is 46.2 Å². The summed E-state index contributed by atoms with van der Waals surface area (Å²) in [5, 5.41) is 25.5. The Kier molecular flexibility index (Phi) is 6.52. The van der Waals surface area contributed by atoms with Gasteiger partial charge in [0, 0.05) is 22.8 Å². The molecule has 0 atom stereocenters. The molecule has 0 fully saturated rings. The summed E-state index contributed by atoms with van der Waals surface area (Å²) < 4.78 is 0. The van der Waals surface area contributed by atoms with Crippen LogP contribution in [0.1, 0.15) is 5.56 Å². The van der Waals surface area contributed by atoms with Crippen LogP contribution in [-0.2, 0) is 11.2 Å². The molecule has 1 amide bonds. The van der Waals surface area contributed by atoms with Crippen molar-refractivity contribution < 1.29 is 14.6 Å². The minimum Gasteiger partial charge on any atom is -0.334 e. The van der Waals surface area contributed by atoms with Crippen LogP contribution in [0, 0.1) is 20.2 Å². The van der Waals surface area contributed by atoms with Gasteiger partial charge in [0.15, 0.2) is 0 Å². The van der Waals surface area contributed by atoms with Gasteiger partial charge in [0.25, 0.3) is 5.69 Å². The lowest BCUT2D eigenvalue weighted by molar-refractivity contribution is -0.384. The van der Waals surface area contributed by atoms with E-state index in [4.69, 9.17) is 11.6 Å². The molecule has 158 valence electrons. The summed E-state index contributed by atoms with van der Waals surface area (Å²) in [6.45, 7) is 0. The summed E-state index contributed by atoms with van der Waals surface area (Å²) in [6, 6.07) is 12.0. The van der Waals surface area contributed by atoms with Gasteiger partial charge < -0.3 is 5.32 Å². The van der Waals surface area contributed by atoms with Crippen molar-refractivity contribution in [1.29, 1.82) is 0 Å². The van der Waals surface area contributed by atoms with Crippen molar-refractivity contribution in [2.75, 3.05) is 10.7 Å². The maximum absolute atomic E-state index is 12.1. The summed E-state index contributed by atoms with van der Waals surface area (Å²) in [7, 11) is 0. The fourth-order valence-corrected chi connectivity index (χ4v) is 2.72. The number of nitro groups is 2. The number of hydrazine groups is 1. The van der Waals surface area contributed by atoms with Crippen LogP contribution in [-0.4, -0.2) is 25.7 Å². The van der Waals surface area contributed by atoms with Gasteiger partial charge >= 0.3 is 5.69 Å². The maximum atomic E-state index is 12.1. The van der Waals surface area contributed by atoms with Crippen LogP contribution in [0.5, 0.6) is 0 Å². The lowest BCUT2D eigenvalue weighted by atomic mass is 10.1. The summed E-state index contributed by atoms with van der Waals surface area (Å²) >= 11 is 5.92. The van der Waals surface area contributed by atoms with Crippen LogP contribution in [0.25, 0.3) is 0 Å². The number of nitrogens with zero attached hydrogens (tertiary/aromatic N) is 4. The first-order valence-corrected chi connectivity index (χ1v) is 9.01. The number of hydrogen-bond donors (Lipinski definition) is 3. The van der Waals surface area contributed by atoms with Crippen LogP contribution < -0.4 is 16.2 Å². The number of hydrogen-bond acceptors (Lipinski definition) is 9. The molecule has 0 radical (unpaired) electrons. The number of aromatic nitrogens is 2. The van der Waals surface area contributed by atoms with E-state index in [1.54, 1.807) is 24.3 Å². The quantitative estimate of drug-likeness (QED) is 0.349. The second kappa shape index (κ2) is 9.45. The third-order valence-electron chi connectivity index (χ3n) is 3.92. The molecule has 12 nitrogen and oxygen atoms in total. The number of amides is 1. The molecular formula is C18H14ClN7O5. The first-order chi connectivity index (χ1) is 14.8. The Morgan fingerprint density at radius 3 is 2.35 bits per heavy atom. The average Bonchev–Trinajstić information content (AvgIpc) is 2.72. The maximum Gasteiger partial charge on any atom is 0.355 e. The van der Waals surface area contributed by atoms with Crippen LogP contribution in [0.2, 0.25) is 5.02 Å². The number of non-ortho nitro benzene ring substituents is 1. The van der Waals surface area contributed by atoms with E-state index < -0.39 is 21.4 Å². The highest BCUT2D eigenvalue weighted by Crippen LogP contribution is 2.31. The second-order valence-corrected chi connectivity index (χ2v) is 6.52. The molecular weight excluding hydrogens is 430 g/mol. The highest BCUT2D eigenvalue weighted by atomic mass is 35.5. The molecule has 0 spiro atoms. The van der Waals surface area contributed by atoms with E-state index >= 15 is 0 Å². The van der Waals surface area contributed by atoms with E-state index in [0.717, 1.165) is 6.33 Å². The molecule has 0 aliphatic carbocycles. The predicted molar refractivity (Wildman–Crippen MR) is 112 cm³/mol. The van der Waals surface area contributed by atoms with Gasteiger partial charge in [-0.25, -0.2) is 9.97 Å². The Morgan fingerprint density at radius 1 is 1.00 bits per heavy atom. The largest absolute Gasteiger partial charge is 0.355 e. The monoisotopic (exact) mass is 443 g/mol. The lowest BCUT2D eigenvalue weighted by Crippen LogP contribution is -2.31. The zero-order chi connectivity index (χ0) is 22.4. The standard InChI is InChI=1S/C18H14ClN7O5/c19-12-2-1-3-13(9-12)22-17-16(26(30)31)18(21-10-20-17)24-23-15(27)8-11-4-6-14(7-5-11)25(28)29/h1-7,9-10H,8H2,(H,23,27)(H2,20,21,22,24). The van der Waals surface area contributed by atoms with E-state index in [9.17, 15) is 25.0 Å². The van der Waals surface area contributed by atoms with Gasteiger partial charge in [0.05, 0.1) is 16.3 Å². The number of nitrogens with one attached hydrogen (secondary N) is 3. The van der Waals surface area contributed by atoms with Gasteiger partial charge in [-0.3, -0.25) is 35.9 Å². The van der Waals surface area contributed by atoms with Crippen molar-refractivity contribution in [2.45, 2.75) is 6.42 Å². The van der Waals surface area contributed by atoms with Gasteiger partial charge in [0.2, 0.25) is 17.5 Å². The molecule has 31 heavy (non-hydrogen) atoms. The zero-order valence-corrected chi connectivity index (χ0v) is 16.4. The van der Waals surface area contributed by atoms with Crippen LogP contribution in [0.4, 0.5) is 28.7 Å². The first kappa shape index (κ1) is 21.4. The molecule has 0 bridgehead atoms. The molecule has 0 aliphatic rings. The van der Waals surface area contributed by atoms with Crippen molar-refractivity contribution in [3.63, 3.8) is 0 Å². The van der Waals surface area contributed by atoms with E-state index in [1.807, 2.05) is 0 Å². The van der Waals surface area contributed by atoms with Gasteiger partial charge in [-0.1, -0.05) is 29.8 Å². The number of anilines is 3. The highest BCUT2D eigenvalue weighted by molar-refractivity contribution is 6.30. The van der Waals surface area contributed by atoms with Crippen molar-refractivity contribution in [2.24, 2.45) is 0 Å². The number of carbonyl (C=O) groups is 1. The van der Waals surface area contributed by atoms with Gasteiger partial charge in [-0.05, 0) is 23.8 Å². The van der Waals surface area contributed by atoms with E-state index in [-0.39, 0.29) is 23.7 Å². The van der Waals surface area contributed by atoms with Crippen LogP contribution in [0.3, 0.4) is 0 Å². The van der Waals surface area contributed by atoms with Crippen LogP contribution in [0.15, 0.2) is 54.9 Å². The van der Waals surface area contributed by atoms with Crippen molar-refractivity contribution in [1.82, 2.24) is 15.4 Å². The third kappa shape index (κ3) is 5.61. The normalized spacial score (nSPS) is 10.2. The fraction of sp³-hybridized carbons (Fsp3) is 0.0556. The van der Waals surface area contributed by atoms with E-state index in [1.165, 1.54) is 24.3 Å². The lowest BCUT2D eigenvalue weighted by Gasteiger charge is -2.11. The minimum absolute atomic E-state index is 0.0985. The van der Waals surface area contributed by atoms with Crippen LogP contribution >= 0.6 is 11.6 Å². The Bertz CT molecular complexity index is 1140. The number of rotatable bonds is 8. The Morgan fingerprint density at radius 2 is 1.71 bits per heavy atom. The molecule has 0 saturated heterocycles. The summed E-state index contributed by atoms with van der Waals surface area (Å²) in [6.07, 6.45) is 0.974. The van der Waals surface area contributed by atoms with Crippen molar-refractivity contribution in [3.05, 3.63) is 85.7 Å². The van der Waals surface area contributed by atoms with E-state index in [2.05, 4.69) is 26.1 Å². The number of carbonyl (C=O) groups excluding carboxylic acids is 1. The third-order valence-corrected chi connectivity index (χ3v) is 4.16. The molecule has 3 rings (SSSR count). The minimum atomic E-state index is -0.697. The molecule has 1 aromatic heterocycles. The predicted octanol–water partition coefficient (Wildman–Crippen LogP) is 3.38. The Balaban J connectivity index is 1.71. The smallest absolute Gasteiger partial charge is 0.334 e. The number of halogens is 1. The summed E-state index contributed by atoms with van der Waals surface area (Å²) in [4.78, 5) is 40.9. The van der Waals surface area contributed by atoms with Gasteiger partial charge in [-0.2, -0.15) is 0 Å². The first-order valence-electron chi connectivity index (χ1n) is 8.63. The molecule has 0 saturated carbocycles. The number of nitro benzene ring substituents is 1.